The van der Waals surface area contributed by atoms with Crippen LogP contribution in [0.3, 0.4) is 0 Å². The van der Waals surface area contributed by atoms with Crippen LogP contribution in [0.4, 0.5) is 0 Å². The summed E-state index contributed by atoms with van der Waals surface area (Å²) in [5, 5.41) is 1.80. The Labute approximate surface area is 133 Å². The average molecular weight is 318 g/mol. The van der Waals surface area contributed by atoms with E-state index in [1.54, 1.807) is 31.4 Å². The summed E-state index contributed by atoms with van der Waals surface area (Å²) < 4.78 is 10.5. The molecule has 0 fully saturated rings. The van der Waals surface area contributed by atoms with E-state index in [1.807, 2.05) is 30.3 Å². The lowest BCUT2D eigenvalue weighted by molar-refractivity contribution is -0.157. The molecule has 0 spiro atoms. The van der Waals surface area contributed by atoms with E-state index in [-0.39, 0.29) is 13.2 Å². The Morgan fingerprint density at radius 2 is 1.77 bits per heavy atom. The Morgan fingerprint density at radius 1 is 1.05 bits per heavy atom. The smallest absolute Gasteiger partial charge is 0.348 e. The highest BCUT2D eigenvalue weighted by Gasteiger charge is 2.31. The molecule has 0 aliphatic heterocycles. The molecule has 0 N–H and O–H groups in total. The van der Waals surface area contributed by atoms with Crippen molar-refractivity contribution in [2.45, 2.75) is 20.5 Å². The molecule has 116 valence electrons. The molecule has 1 aromatic carbocycles. The highest BCUT2D eigenvalue weighted by molar-refractivity contribution is 7.11. The van der Waals surface area contributed by atoms with Crippen LogP contribution in [-0.2, 0) is 20.9 Å². The van der Waals surface area contributed by atoms with E-state index in [1.165, 1.54) is 11.3 Å². The lowest BCUT2D eigenvalue weighted by atomic mass is 9.95. The normalized spacial score (nSPS) is 11.0. The highest BCUT2D eigenvalue weighted by Crippen LogP contribution is 2.20. The van der Waals surface area contributed by atoms with Crippen LogP contribution in [0.2, 0.25) is 0 Å². The minimum atomic E-state index is -0.887. The number of hydrogen-bond donors (Lipinski definition) is 0. The zero-order chi connectivity index (χ0) is 16.0. The molecule has 1 heterocycles. The van der Waals surface area contributed by atoms with E-state index < -0.39 is 17.4 Å². The second-order valence-corrected chi connectivity index (χ2v) is 6.45. The Kier molecular flexibility index (Phi) is 5.33. The molecule has 0 aliphatic carbocycles. The van der Waals surface area contributed by atoms with E-state index in [0.717, 1.165) is 5.56 Å². The number of hydrogen-bond acceptors (Lipinski definition) is 5. The summed E-state index contributed by atoms with van der Waals surface area (Å²) in [6.45, 7) is 3.59. The van der Waals surface area contributed by atoms with Gasteiger partial charge in [0.1, 0.15) is 18.1 Å². The van der Waals surface area contributed by atoms with Crippen molar-refractivity contribution < 1.29 is 19.1 Å². The van der Waals surface area contributed by atoms with E-state index in [0.29, 0.717) is 4.88 Å². The third-order valence-corrected chi connectivity index (χ3v) is 3.90. The molecule has 0 unspecified atom stereocenters. The van der Waals surface area contributed by atoms with Gasteiger partial charge >= 0.3 is 11.9 Å². The standard InChI is InChI=1S/C17H18O4S/c1-17(2,12-21-15(18)14-9-6-10-22-14)16(19)20-11-13-7-4-3-5-8-13/h3-10H,11-12H2,1-2H3. The van der Waals surface area contributed by atoms with Crippen molar-refractivity contribution in [3.8, 4) is 0 Å². The Morgan fingerprint density at radius 3 is 2.41 bits per heavy atom. The molecular weight excluding hydrogens is 300 g/mol. The van der Waals surface area contributed by atoms with Crippen LogP contribution in [0.5, 0.6) is 0 Å². The van der Waals surface area contributed by atoms with Gasteiger partial charge in [0.2, 0.25) is 0 Å². The quantitative estimate of drug-likeness (QED) is 0.763. The summed E-state index contributed by atoms with van der Waals surface area (Å²) >= 11 is 1.31. The zero-order valence-corrected chi connectivity index (χ0v) is 13.4. The molecule has 4 nitrogen and oxygen atoms in total. The zero-order valence-electron chi connectivity index (χ0n) is 12.6. The first-order valence-electron chi connectivity index (χ1n) is 6.91. The maximum absolute atomic E-state index is 12.1. The van der Waals surface area contributed by atoms with E-state index >= 15 is 0 Å². The first-order chi connectivity index (χ1) is 10.5. The lowest BCUT2D eigenvalue weighted by Crippen LogP contribution is -2.32. The SMILES string of the molecule is CC(C)(COC(=O)c1cccs1)C(=O)OCc1ccccc1. The molecule has 0 amide bonds. The number of benzene rings is 1. The molecule has 0 radical (unpaired) electrons. The third-order valence-electron chi connectivity index (χ3n) is 3.05. The van der Waals surface area contributed by atoms with E-state index in [4.69, 9.17) is 9.47 Å². The van der Waals surface area contributed by atoms with Crippen molar-refractivity contribution in [3.63, 3.8) is 0 Å². The molecular formula is C17H18O4S. The molecule has 1 aromatic heterocycles. The second-order valence-electron chi connectivity index (χ2n) is 5.50. The van der Waals surface area contributed by atoms with Gasteiger partial charge in [-0.05, 0) is 30.9 Å². The molecule has 5 heteroatoms. The van der Waals surface area contributed by atoms with Gasteiger partial charge < -0.3 is 9.47 Å². The number of carbonyl (C=O) groups is 2. The fraction of sp³-hybridized carbons (Fsp3) is 0.294. The lowest BCUT2D eigenvalue weighted by Gasteiger charge is -2.22. The predicted octanol–water partition coefficient (Wildman–Crippen LogP) is 3.67. The van der Waals surface area contributed by atoms with Crippen LogP contribution >= 0.6 is 11.3 Å². The summed E-state index contributed by atoms with van der Waals surface area (Å²) in [5.74, 6) is -0.811. The molecule has 22 heavy (non-hydrogen) atoms. The van der Waals surface area contributed by atoms with Gasteiger partial charge in [-0.15, -0.1) is 11.3 Å². The molecule has 2 rings (SSSR count). The topological polar surface area (TPSA) is 52.6 Å². The summed E-state index contributed by atoms with van der Waals surface area (Å²) in [6.07, 6.45) is 0. The average Bonchev–Trinajstić information content (AvgIpc) is 3.05. The maximum Gasteiger partial charge on any atom is 0.348 e. The van der Waals surface area contributed by atoms with Gasteiger partial charge in [0, 0.05) is 0 Å². The van der Waals surface area contributed by atoms with Gasteiger partial charge in [0.15, 0.2) is 0 Å². The van der Waals surface area contributed by atoms with Crippen molar-refractivity contribution in [3.05, 3.63) is 58.3 Å². The number of ether oxygens (including phenoxy) is 2. The molecule has 0 bridgehead atoms. The van der Waals surface area contributed by atoms with Gasteiger partial charge in [-0.1, -0.05) is 36.4 Å². The predicted molar refractivity (Wildman–Crippen MR) is 84.6 cm³/mol. The van der Waals surface area contributed by atoms with Crippen molar-refractivity contribution in [1.82, 2.24) is 0 Å². The van der Waals surface area contributed by atoms with Crippen LogP contribution in [-0.4, -0.2) is 18.5 Å². The fourth-order valence-corrected chi connectivity index (χ4v) is 2.31. The van der Waals surface area contributed by atoms with Crippen molar-refractivity contribution in [1.29, 1.82) is 0 Å². The van der Waals surface area contributed by atoms with Crippen molar-refractivity contribution in [2.24, 2.45) is 5.41 Å². The molecule has 0 atom stereocenters. The summed E-state index contributed by atoms with van der Waals surface area (Å²) in [7, 11) is 0. The Bertz CT molecular complexity index is 617. The van der Waals surface area contributed by atoms with Crippen LogP contribution in [0.25, 0.3) is 0 Å². The minimum absolute atomic E-state index is 0.0165. The monoisotopic (exact) mass is 318 g/mol. The van der Waals surface area contributed by atoms with Crippen molar-refractivity contribution in [2.75, 3.05) is 6.61 Å². The van der Waals surface area contributed by atoms with E-state index in [2.05, 4.69) is 0 Å². The number of carbonyl (C=O) groups excluding carboxylic acids is 2. The van der Waals surface area contributed by atoms with Crippen LogP contribution in [0.15, 0.2) is 47.8 Å². The van der Waals surface area contributed by atoms with Gasteiger partial charge in [-0.3, -0.25) is 4.79 Å². The van der Waals surface area contributed by atoms with E-state index in [9.17, 15) is 9.59 Å². The van der Waals surface area contributed by atoms with Crippen molar-refractivity contribution >= 4 is 23.3 Å². The Balaban J connectivity index is 1.83. The number of rotatable bonds is 6. The maximum atomic E-state index is 12.1. The minimum Gasteiger partial charge on any atom is -0.460 e. The molecule has 0 aliphatic rings. The first-order valence-corrected chi connectivity index (χ1v) is 7.79. The second kappa shape index (κ2) is 7.22. The largest absolute Gasteiger partial charge is 0.460 e. The summed E-state index contributed by atoms with van der Waals surface area (Å²) in [6, 6.07) is 12.9. The third kappa shape index (κ3) is 4.43. The first kappa shape index (κ1) is 16.2. The summed E-state index contributed by atoms with van der Waals surface area (Å²) in [4.78, 5) is 24.4. The van der Waals surface area contributed by atoms with Crippen LogP contribution < -0.4 is 0 Å². The Hall–Kier alpha value is -2.14. The van der Waals surface area contributed by atoms with Crippen LogP contribution in [0, 0.1) is 5.41 Å². The summed E-state index contributed by atoms with van der Waals surface area (Å²) in [5.41, 5.74) is 0.0315. The number of thiophene rings is 1. The van der Waals surface area contributed by atoms with Gasteiger partial charge in [-0.2, -0.15) is 0 Å². The molecule has 0 saturated heterocycles. The molecule has 2 aromatic rings. The fourth-order valence-electron chi connectivity index (χ4n) is 1.69. The van der Waals surface area contributed by atoms with Gasteiger partial charge in [0.05, 0.1) is 5.41 Å². The van der Waals surface area contributed by atoms with Crippen LogP contribution in [0.1, 0.15) is 29.1 Å². The van der Waals surface area contributed by atoms with Gasteiger partial charge in [0.25, 0.3) is 0 Å². The molecule has 0 saturated carbocycles. The number of esters is 2. The van der Waals surface area contributed by atoms with Gasteiger partial charge in [-0.25, -0.2) is 4.79 Å². The highest BCUT2D eigenvalue weighted by atomic mass is 32.1.